The van der Waals surface area contributed by atoms with Gasteiger partial charge in [0.15, 0.2) is 0 Å². The van der Waals surface area contributed by atoms with E-state index < -0.39 is 21.7 Å². The maximum Gasteiger partial charge on any atom is 0.259 e. The summed E-state index contributed by atoms with van der Waals surface area (Å²) in [6.07, 6.45) is 1.37. The highest BCUT2D eigenvalue weighted by Crippen LogP contribution is 2.32. The predicted molar refractivity (Wildman–Crippen MR) is 98.7 cm³/mol. The van der Waals surface area contributed by atoms with Gasteiger partial charge in [0, 0.05) is 20.6 Å². The number of sulfonamides is 1. The van der Waals surface area contributed by atoms with Gasteiger partial charge in [-0.2, -0.15) is 0 Å². The van der Waals surface area contributed by atoms with E-state index in [-0.39, 0.29) is 21.2 Å². The second kappa shape index (κ2) is 6.98. The molecule has 0 saturated heterocycles. The Hall–Kier alpha value is -1.96. The van der Waals surface area contributed by atoms with Crippen LogP contribution in [0.4, 0.5) is 10.1 Å². The summed E-state index contributed by atoms with van der Waals surface area (Å²) >= 11 is 6.16. The van der Waals surface area contributed by atoms with Crippen molar-refractivity contribution in [2.75, 3.05) is 25.5 Å². The summed E-state index contributed by atoms with van der Waals surface area (Å²) in [4.78, 5) is 14.3. The van der Waals surface area contributed by atoms with Gasteiger partial charge in [-0.1, -0.05) is 23.7 Å². The van der Waals surface area contributed by atoms with E-state index in [1.807, 2.05) is 0 Å². The molecule has 2 aromatic rings. The highest BCUT2D eigenvalue weighted by molar-refractivity contribution is 7.89. The summed E-state index contributed by atoms with van der Waals surface area (Å²) in [5.41, 5.74) is 1.02. The molecule has 0 saturated carbocycles. The Bertz CT molecular complexity index is 976. The molecule has 0 aliphatic carbocycles. The van der Waals surface area contributed by atoms with Crippen LogP contribution < -0.4 is 4.90 Å². The van der Waals surface area contributed by atoms with Crippen molar-refractivity contribution in [1.82, 2.24) is 4.31 Å². The van der Waals surface area contributed by atoms with E-state index in [1.54, 1.807) is 12.1 Å². The van der Waals surface area contributed by atoms with Gasteiger partial charge in [0.25, 0.3) is 5.91 Å². The van der Waals surface area contributed by atoms with Crippen molar-refractivity contribution in [1.29, 1.82) is 0 Å². The zero-order valence-electron chi connectivity index (χ0n) is 14.4. The Morgan fingerprint density at radius 1 is 1.23 bits per heavy atom. The summed E-state index contributed by atoms with van der Waals surface area (Å²) in [5, 5.41) is 0.121. The first kappa shape index (κ1) is 18.8. The number of aryl methyl sites for hydroxylation is 1. The zero-order valence-corrected chi connectivity index (χ0v) is 15.9. The molecule has 0 radical (unpaired) electrons. The largest absolute Gasteiger partial charge is 0.305 e. The molecule has 138 valence electrons. The van der Waals surface area contributed by atoms with E-state index >= 15 is 0 Å². The molecule has 0 unspecified atom stereocenters. The maximum absolute atomic E-state index is 14.3. The van der Waals surface area contributed by atoms with Crippen molar-refractivity contribution < 1.29 is 17.6 Å². The number of anilines is 1. The molecule has 26 heavy (non-hydrogen) atoms. The molecule has 1 amide bonds. The molecule has 1 heterocycles. The van der Waals surface area contributed by atoms with Crippen LogP contribution in [0, 0.1) is 5.82 Å². The van der Waals surface area contributed by atoms with Crippen LogP contribution in [0.25, 0.3) is 0 Å². The molecule has 0 N–H and O–H groups in total. The molecule has 8 heteroatoms. The predicted octanol–water partition coefficient (Wildman–Crippen LogP) is 3.32. The van der Waals surface area contributed by atoms with Crippen LogP contribution in [0.1, 0.15) is 22.3 Å². The van der Waals surface area contributed by atoms with E-state index in [4.69, 9.17) is 11.6 Å². The van der Waals surface area contributed by atoms with Crippen molar-refractivity contribution in [3.05, 3.63) is 58.4 Å². The molecular formula is C18H18ClFN2O3S. The number of nitrogens with zero attached hydrogens (tertiary/aromatic N) is 2. The number of fused-ring (bicyclic) bond motifs is 1. The summed E-state index contributed by atoms with van der Waals surface area (Å²) in [7, 11) is -0.910. The molecule has 0 aromatic heterocycles. The molecule has 3 rings (SSSR count). The molecule has 5 nitrogen and oxygen atoms in total. The van der Waals surface area contributed by atoms with Crippen molar-refractivity contribution in [3.8, 4) is 0 Å². The summed E-state index contributed by atoms with van der Waals surface area (Å²) < 4.78 is 40.1. The number of carbonyl (C=O) groups excluding carboxylic acids is 1. The van der Waals surface area contributed by atoms with Gasteiger partial charge in [-0.25, -0.2) is 17.1 Å². The summed E-state index contributed by atoms with van der Waals surface area (Å²) in [6.45, 7) is 0.341. The lowest BCUT2D eigenvalue weighted by Gasteiger charge is -2.30. The average Bonchev–Trinajstić information content (AvgIpc) is 2.61. The molecule has 0 atom stereocenters. The van der Waals surface area contributed by atoms with Gasteiger partial charge < -0.3 is 4.90 Å². The van der Waals surface area contributed by atoms with E-state index in [1.165, 1.54) is 43.3 Å². The van der Waals surface area contributed by atoms with Crippen LogP contribution in [0.15, 0.2) is 41.3 Å². The van der Waals surface area contributed by atoms with Gasteiger partial charge in [0.1, 0.15) is 5.82 Å². The second-order valence-corrected chi connectivity index (χ2v) is 8.80. The number of halogens is 2. The van der Waals surface area contributed by atoms with Gasteiger partial charge in [-0.3, -0.25) is 4.79 Å². The number of rotatable bonds is 3. The van der Waals surface area contributed by atoms with Crippen LogP contribution in [-0.2, 0) is 16.4 Å². The molecule has 0 fully saturated rings. The molecule has 0 spiro atoms. The Labute approximate surface area is 157 Å². The van der Waals surface area contributed by atoms with E-state index in [0.29, 0.717) is 19.4 Å². The number of para-hydroxylation sites is 1. The number of benzene rings is 2. The fraction of sp³-hybridized carbons (Fsp3) is 0.278. The monoisotopic (exact) mass is 396 g/mol. The van der Waals surface area contributed by atoms with Gasteiger partial charge in [-0.05, 0) is 42.7 Å². The topological polar surface area (TPSA) is 57.7 Å². The van der Waals surface area contributed by atoms with Crippen LogP contribution in [-0.4, -0.2) is 39.3 Å². The van der Waals surface area contributed by atoms with Gasteiger partial charge in [-0.15, -0.1) is 0 Å². The Kier molecular flexibility index (Phi) is 5.05. The van der Waals surface area contributed by atoms with Crippen LogP contribution in [0.3, 0.4) is 0 Å². The third kappa shape index (κ3) is 3.22. The standard InChI is InChI=1S/C18H18ClFN2O3S/c1-21(2)26(24,25)13-8-9-15(19)14(11-13)18(23)22-10-4-6-12-5-3-7-16(20)17(12)22/h3,5,7-9,11H,4,6,10H2,1-2H3. The number of hydrogen-bond acceptors (Lipinski definition) is 3. The minimum absolute atomic E-state index is 0.0331. The van der Waals surface area contributed by atoms with E-state index in [2.05, 4.69) is 0 Å². The summed E-state index contributed by atoms with van der Waals surface area (Å²) in [6, 6.07) is 8.66. The lowest BCUT2D eigenvalue weighted by molar-refractivity contribution is 0.0984. The molecule has 0 bridgehead atoms. The lowest BCUT2D eigenvalue weighted by atomic mass is 10.0. The smallest absolute Gasteiger partial charge is 0.259 e. The average molecular weight is 397 g/mol. The van der Waals surface area contributed by atoms with E-state index in [0.717, 1.165) is 9.87 Å². The quantitative estimate of drug-likeness (QED) is 0.799. The molecule has 1 aliphatic rings. The first-order valence-electron chi connectivity index (χ1n) is 8.05. The molecule has 2 aromatic carbocycles. The minimum Gasteiger partial charge on any atom is -0.305 e. The van der Waals surface area contributed by atoms with Crippen LogP contribution >= 0.6 is 11.6 Å². The maximum atomic E-state index is 14.3. The first-order chi connectivity index (χ1) is 12.2. The second-order valence-electron chi connectivity index (χ2n) is 6.24. The van der Waals surface area contributed by atoms with Crippen molar-refractivity contribution in [3.63, 3.8) is 0 Å². The highest BCUT2D eigenvalue weighted by atomic mass is 35.5. The van der Waals surface area contributed by atoms with Crippen LogP contribution in [0.5, 0.6) is 0 Å². The fourth-order valence-electron chi connectivity index (χ4n) is 2.99. The van der Waals surface area contributed by atoms with Crippen molar-refractivity contribution in [2.24, 2.45) is 0 Å². The number of hydrogen-bond donors (Lipinski definition) is 0. The SMILES string of the molecule is CN(C)S(=O)(=O)c1ccc(Cl)c(C(=O)N2CCCc3cccc(F)c32)c1. The minimum atomic E-state index is -3.72. The lowest BCUT2D eigenvalue weighted by Crippen LogP contribution is -2.36. The number of carbonyl (C=O) groups is 1. The highest BCUT2D eigenvalue weighted by Gasteiger charge is 2.29. The fourth-order valence-corrected chi connectivity index (χ4v) is 4.12. The van der Waals surface area contributed by atoms with Crippen LogP contribution in [0.2, 0.25) is 5.02 Å². The van der Waals surface area contributed by atoms with Gasteiger partial charge in [0.05, 0.1) is 21.2 Å². The Morgan fingerprint density at radius 2 is 1.96 bits per heavy atom. The van der Waals surface area contributed by atoms with Crippen molar-refractivity contribution in [2.45, 2.75) is 17.7 Å². The third-order valence-electron chi connectivity index (χ3n) is 4.36. The van der Waals surface area contributed by atoms with Gasteiger partial charge in [0.2, 0.25) is 10.0 Å². The molecular weight excluding hydrogens is 379 g/mol. The van der Waals surface area contributed by atoms with E-state index in [9.17, 15) is 17.6 Å². The zero-order chi connectivity index (χ0) is 19.1. The first-order valence-corrected chi connectivity index (χ1v) is 9.86. The van der Waals surface area contributed by atoms with Gasteiger partial charge >= 0.3 is 0 Å². The normalized spacial score (nSPS) is 14.4. The number of amides is 1. The summed E-state index contributed by atoms with van der Waals surface area (Å²) in [5.74, 6) is -0.999. The Morgan fingerprint density at radius 3 is 2.65 bits per heavy atom. The Balaban J connectivity index is 2.08. The molecule has 1 aliphatic heterocycles. The van der Waals surface area contributed by atoms with Crippen molar-refractivity contribution >= 4 is 33.2 Å². The third-order valence-corrected chi connectivity index (χ3v) is 6.50.